The van der Waals surface area contributed by atoms with Crippen LogP contribution < -0.4 is 0 Å². The van der Waals surface area contributed by atoms with E-state index in [1.807, 2.05) is 13.2 Å². The fraction of sp³-hybridized carbons (Fsp3) is 0.636. The molecule has 18 heavy (non-hydrogen) atoms. The standard InChI is InChI=1S/C11H19NO3S3/c1-9(4-5-16-3)12(2)18(14,15)11-6-10(7-13)8-17-11/h6,8-9,13H,4-5,7H2,1-3H3. The highest BCUT2D eigenvalue weighted by Gasteiger charge is 2.26. The second kappa shape index (κ2) is 6.91. The normalized spacial score (nSPS) is 14.1. The Hall–Kier alpha value is -0.0800. The molecule has 0 bridgehead atoms. The van der Waals surface area contributed by atoms with Crippen molar-refractivity contribution in [3.05, 3.63) is 17.0 Å². The lowest BCUT2D eigenvalue weighted by Gasteiger charge is -2.23. The molecule has 7 heteroatoms. The van der Waals surface area contributed by atoms with Crippen LogP contribution in [0.5, 0.6) is 0 Å². The highest BCUT2D eigenvalue weighted by atomic mass is 32.2. The van der Waals surface area contributed by atoms with Crippen LogP contribution in [0.1, 0.15) is 18.9 Å². The molecule has 0 amide bonds. The maximum atomic E-state index is 12.3. The Morgan fingerprint density at radius 1 is 1.56 bits per heavy atom. The first-order valence-corrected chi connectivity index (χ1v) is 9.30. The van der Waals surface area contributed by atoms with Crippen molar-refractivity contribution in [2.45, 2.75) is 30.2 Å². The van der Waals surface area contributed by atoms with Crippen LogP contribution in [0.15, 0.2) is 15.7 Å². The van der Waals surface area contributed by atoms with Crippen molar-refractivity contribution in [3.8, 4) is 0 Å². The lowest BCUT2D eigenvalue weighted by molar-refractivity contribution is 0.282. The maximum Gasteiger partial charge on any atom is 0.252 e. The Kier molecular flexibility index (Phi) is 6.13. The maximum absolute atomic E-state index is 12.3. The van der Waals surface area contributed by atoms with Crippen molar-refractivity contribution in [2.75, 3.05) is 19.1 Å². The van der Waals surface area contributed by atoms with E-state index in [0.717, 1.165) is 23.5 Å². The van der Waals surface area contributed by atoms with Crippen LogP contribution in [0.3, 0.4) is 0 Å². The fourth-order valence-electron chi connectivity index (χ4n) is 1.42. The molecule has 0 saturated carbocycles. The number of sulfonamides is 1. The van der Waals surface area contributed by atoms with Gasteiger partial charge in [0.05, 0.1) is 6.61 Å². The number of rotatable bonds is 7. The van der Waals surface area contributed by atoms with Gasteiger partial charge in [-0.1, -0.05) is 0 Å². The number of aliphatic hydroxyl groups is 1. The first kappa shape index (κ1) is 16.0. The van der Waals surface area contributed by atoms with Crippen molar-refractivity contribution in [1.82, 2.24) is 4.31 Å². The van der Waals surface area contributed by atoms with Gasteiger partial charge in [0.1, 0.15) is 4.21 Å². The Bertz CT molecular complexity index is 470. The van der Waals surface area contributed by atoms with Gasteiger partial charge in [0.25, 0.3) is 10.0 Å². The fourth-order valence-corrected chi connectivity index (χ4v) is 4.77. The van der Waals surface area contributed by atoms with Crippen molar-refractivity contribution in [1.29, 1.82) is 0 Å². The van der Waals surface area contributed by atoms with E-state index in [0.29, 0.717) is 9.77 Å². The van der Waals surface area contributed by atoms with Gasteiger partial charge in [0.15, 0.2) is 0 Å². The summed E-state index contributed by atoms with van der Waals surface area (Å²) in [6, 6.07) is 1.51. The minimum atomic E-state index is -3.43. The highest BCUT2D eigenvalue weighted by molar-refractivity contribution is 7.98. The van der Waals surface area contributed by atoms with Gasteiger partial charge in [-0.3, -0.25) is 0 Å². The third-order valence-corrected chi connectivity index (χ3v) is 6.89. The molecular weight excluding hydrogens is 290 g/mol. The van der Waals surface area contributed by atoms with E-state index in [1.165, 1.54) is 10.4 Å². The van der Waals surface area contributed by atoms with Crippen LogP contribution in [0.2, 0.25) is 0 Å². The average molecular weight is 309 g/mol. The molecule has 1 heterocycles. The molecule has 0 aliphatic carbocycles. The quantitative estimate of drug-likeness (QED) is 0.837. The summed E-state index contributed by atoms with van der Waals surface area (Å²) in [4.78, 5) is 0. The molecule has 1 aromatic rings. The largest absolute Gasteiger partial charge is 0.392 e. The lowest BCUT2D eigenvalue weighted by Crippen LogP contribution is -2.35. The lowest BCUT2D eigenvalue weighted by atomic mass is 10.3. The molecule has 0 radical (unpaired) electrons. The van der Waals surface area contributed by atoms with Gasteiger partial charge in [-0.05, 0) is 42.4 Å². The highest BCUT2D eigenvalue weighted by Crippen LogP contribution is 2.25. The topological polar surface area (TPSA) is 57.6 Å². The Morgan fingerprint density at radius 2 is 2.22 bits per heavy atom. The minimum Gasteiger partial charge on any atom is -0.392 e. The first-order valence-electron chi connectivity index (χ1n) is 5.58. The molecule has 1 unspecified atom stereocenters. The molecule has 0 saturated heterocycles. The second-order valence-electron chi connectivity index (χ2n) is 4.08. The predicted octanol–water partition coefficient (Wildman–Crippen LogP) is 2.00. The molecule has 4 nitrogen and oxygen atoms in total. The predicted molar refractivity (Wildman–Crippen MR) is 77.7 cm³/mol. The summed E-state index contributed by atoms with van der Waals surface area (Å²) in [5, 5.41) is 10.6. The number of aliphatic hydroxyl groups excluding tert-OH is 1. The van der Waals surface area contributed by atoms with Crippen LogP contribution in [0.4, 0.5) is 0 Å². The summed E-state index contributed by atoms with van der Waals surface area (Å²) in [6.45, 7) is 1.78. The van der Waals surface area contributed by atoms with Gasteiger partial charge in [0.2, 0.25) is 0 Å². The van der Waals surface area contributed by atoms with Gasteiger partial charge in [-0.15, -0.1) is 11.3 Å². The third kappa shape index (κ3) is 3.71. The molecule has 0 aromatic carbocycles. The molecule has 0 aliphatic heterocycles. The molecule has 104 valence electrons. The summed E-state index contributed by atoms with van der Waals surface area (Å²) in [5.41, 5.74) is 0.642. The van der Waals surface area contributed by atoms with Gasteiger partial charge >= 0.3 is 0 Å². The van der Waals surface area contributed by atoms with Crippen LogP contribution in [-0.2, 0) is 16.6 Å². The SMILES string of the molecule is CSCCC(C)N(C)S(=O)(=O)c1cc(CO)cs1. The zero-order valence-corrected chi connectivity index (χ0v) is 13.2. The Balaban J connectivity index is 2.85. The number of thioether (sulfide) groups is 1. The van der Waals surface area contributed by atoms with E-state index in [1.54, 1.807) is 24.2 Å². The van der Waals surface area contributed by atoms with Crippen molar-refractivity contribution in [3.63, 3.8) is 0 Å². The van der Waals surface area contributed by atoms with Crippen LogP contribution >= 0.6 is 23.1 Å². The van der Waals surface area contributed by atoms with Gasteiger partial charge in [0, 0.05) is 13.1 Å². The number of thiophene rings is 1. The smallest absolute Gasteiger partial charge is 0.252 e. The van der Waals surface area contributed by atoms with Crippen molar-refractivity contribution in [2.24, 2.45) is 0 Å². The third-order valence-electron chi connectivity index (χ3n) is 2.81. The number of nitrogens with zero attached hydrogens (tertiary/aromatic N) is 1. The van der Waals surface area contributed by atoms with Crippen molar-refractivity contribution < 1.29 is 13.5 Å². The van der Waals surface area contributed by atoms with Crippen LogP contribution in [0, 0.1) is 0 Å². The molecule has 1 N–H and O–H groups in total. The number of hydrogen-bond acceptors (Lipinski definition) is 5. The van der Waals surface area contributed by atoms with E-state index >= 15 is 0 Å². The Morgan fingerprint density at radius 3 is 2.72 bits per heavy atom. The molecule has 0 aliphatic rings. The minimum absolute atomic E-state index is 0.0258. The second-order valence-corrected chi connectivity index (χ2v) is 8.21. The number of hydrogen-bond donors (Lipinski definition) is 1. The summed E-state index contributed by atoms with van der Waals surface area (Å²) < 4.78 is 26.3. The van der Waals surface area contributed by atoms with Crippen LogP contribution in [0.25, 0.3) is 0 Å². The zero-order valence-electron chi connectivity index (χ0n) is 10.8. The molecule has 0 spiro atoms. The molecule has 1 atom stereocenters. The Labute approximate surface area is 117 Å². The van der Waals surface area contributed by atoms with E-state index in [4.69, 9.17) is 5.11 Å². The molecule has 0 fully saturated rings. The van der Waals surface area contributed by atoms with Gasteiger partial charge in [-0.25, -0.2) is 8.42 Å². The summed E-state index contributed by atoms with van der Waals surface area (Å²) >= 11 is 2.87. The van der Waals surface area contributed by atoms with E-state index in [9.17, 15) is 8.42 Å². The van der Waals surface area contributed by atoms with Gasteiger partial charge < -0.3 is 5.11 Å². The summed E-state index contributed by atoms with van der Waals surface area (Å²) in [7, 11) is -1.82. The summed E-state index contributed by atoms with van der Waals surface area (Å²) in [6.07, 6.45) is 2.84. The van der Waals surface area contributed by atoms with Crippen LogP contribution in [-0.4, -0.2) is 42.9 Å². The van der Waals surface area contributed by atoms with Gasteiger partial charge in [-0.2, -0.15) is 16.1 Å². The summed E-state index contributed by atoms with van der Waals surface area (Å²) in [5.74, 6) is 0.938. The average Bonchev–Trinajstić information content (AvgIpc) is 2.84. The molecule has 1 aromatic heterocycles. The molecular formula is C11H19NO3S3. The first-order chi connectivity index (χ1) is 8.43. The molecule has 1 rings (SSSR count). The van der Waals surface area contributed by atoms with E-state index in [2.05, 4.69) is 0 Å². The zero-order chi connectivity index (χ0) is 13.8. The van der Waals surface area contributed by atoms with E-state index < -0.39 is 10.0 Å². The van der Waals surface area contributed by atoms with E-state index in [-0.39, 0.29) is 12.6 Å². The van der Waals surface area contributed by atoms with Crippen molar-refractivity contribution >= 4 is 33.1 Å². The monoisotopic (exact) mass is 309 g/mol.